The van der Waals surface area contributed by atoms with Gasteiger partial charge in [0.2, 0.25) is 0 Å². The molecule has 0 aromatic heterocycles. The summed E-state index contributed by atoms with van der Waals surface area (Å²) in [6.45, 7) is 5.71. The third kappa shape index (κ3) is 9.68. The molecule has 0 spiro atoms. The Kier molecular flexibility index (Phi) is 13.1. The Bertz CT molecular complexity index is 435. The molecule has 0 aliphatic heterocycles. The van der Waals surface area contributed by atoms with E-state index in [0.29, 0.717) is 6.10 Å². The van der Waals surface area contributed by atoms with Crippen molar-refractivity contribution in [3.63, 3.8) is 0 Å². The monoisotopic (exact) mass is 446 g/mol. The van der Waals surface area contributed by atoms with Gasteiger partial charge in [-0.05, 0) is 81.0 Å². The first-order valence-electron chi connectivity index (χ1n) is 15.4. The van der Waals surface area contributed by atoms with Crippen LogP contribution in [0.15, 0.2) is 0 Å². The summed E-state index contributed by atoms with van der Waals surface area (Å²) in [4.78, 5) is 0. The Morgan fingerprint density at radius 3 is 1.56 bits per heavy atom. The summed E-state index contributed by atoms with van der Waals surface area (Å²) in [5.74, 6) is 5.20. The SMILES string of the molecule is CCCCCCCC1CCC(CCCOC2CCC(C3CCC(CCC)CC3)CC2)CC1. The van der Waals surface area contributed by atoms with Gasteiger partial charge in [-0.1, -0.05) is 104 Å². The maximum absolute atomic E-state index is 6.37. The second kappa shape index (κ2) is 15.8. The second-order valence-electron chi connectivity index (χ2n) is 12.2. The first-order chi connectivity index (χ1) is 15.8. The average Bonchev–Trinajstić information content (AvgIpc) is 2.84. The summed E-state index contributed by atoms with van der Waals surface area (Å²) in [7, 11) is 0. The Hall–Kier alpha value is -0.0400. The van der Waals surface area contributed by atoms with E-state index in [2.05, 4.69) is 13.8 Å². The van der Waals surface area contributed by atoms with Crippen molar-refractivity contribution in [1.29, 1.82) is 0 Å². The summed E-state index contributed by atoms with van der Waals surface area (Å²) in [6, 6.07) is 0. The van der Waals surface area contributed by atoms with E-state index in [1.54, 1.807) is 0 Å². The summed E-state index contributed by atoms with van der Waals surface area (Å²) < 4.78 is 6.37. The van der Waals surface area contributed by atoms with Crippen LogP contribution in [-0.4, -0.2) is 12.7 Å². The molecule has 1 nitrogen and oxygen atoms in total. The second-order valence-corrected chi connectivity index (χ2v) is 12.2. The van der Waals surface area contributed by atoms with E-state index >= 15 is 0 Å². The average molecular weight is 447 g/mol. The number of ether oxygens (including phenoxy) is 1. The van der Waals surface area contributed by atoms with Crippen LogP contribution in [0.3, 0.4) is 0 Å². The van der Waals surface area contributed by atoms with Crippen molar-refractivity contribution in [2.24, 2.45) is 29.6 Å². The molecule has 0 radical (unpaired) electrons. The van der Waals surface area contributed by atoms with E-state index in [9.17, 15) is 0 Å². The highest BCUT2D eigenvalue weighted by Crippen LogP contribution is 2.41. The van der Waals surface area contributed by atoms with Crippen LogP contribution in [0.5, 0.6) is 0 Å². The summed E-state index contributed by atoms with van der Waals surface area (Å²) in [5.41, 5.74) is 0. The van der Waals surface area contributed by atoms with Gasteiger partial charge >= 0.3 is 0 Å². The summed E-state index contributed by atoms with van der Waals surface area (Å²) >= 11 is 0. The molecule has 0 unspecified atom stereocenters. The van der Waals surface area contributed by atoms with E-state index in [-0.39, 0.29) is 0 Å². The van der Waals surface area contributed by atoms with Crippen LogP contribution in [0.25, 0.3) is 0 Å². The molecular weight excluding hydrogens is 388 g/mol. The first kappa shape index (κ1) is 26.6. The van der Waals surface area contributed by atoms with Gasteiger partial charge in [0, 0.05) is 6.61 Å². The lowest BCUT2D eigenvalue weighted by Crippen LogP contribution is -2.28. The van der Waals surface area contributed by atoms with Gasteiger partial charge in [-0.25, -0.2) is 0 Å². The van der Waals surface area contributed by atoms with Crippen molar-refractivity contribution in [3.05, 3.63) is 0 Å². The zero-order chi connectivity index (χ0) is 22.4. The molecule has 0 aromatic rings. The molecule has 3 fully saturated rings. The third-order valence-electron chi connectivity index (χ3n) is 9.77. The maximum Gasteiger partial charge on any atom is 0.0575 e. The number of unbranched alkanes of at least 4 members (excludes halogenated alkanes) is 4. The van der Waals surface area contributed by atoms with E-state index in [0.717, 1.165) is 36.2 Å². The van der Waals surface area contributed by atoms with Crippen molar-refractivity contribution in [2.75, 3.05) is 6.61 Å². The predicted molar refractivity (Wildman–Crippen MR) is 140 cm³/mol. The highest BCUT2D eigenvalue weighted by Gasteiger charge is 2.31. The van der Waals surface area contributed by atoms with E-state index in [1.807, 2.05) is 0 Å². The molecule has 3 aliphatic rings. The van der Waals surface area contributed by atoms with Gasteiger partial charge < -0.3 is 4.74 Å². The largest absolute Gasteiger partial charge is 0.378 e. The lowest BCUT2D eigenvalue weighted by Gasteiger charge is -2.38. The lowest BCUT2D eigenvalue weighted by atomic mass is 9.70. The Balaban J connectivity index is 1.16. The zero-order valence-corrected chi connectivity index (χ0v) is 22.1. The fraction of sp³-hybridized carbons (Fsp3) is 1.00. The number of hydrogen-bond acceptors (Lipinski definition) is 1. The quantitative estimate of drug-likeness (QED) is 0.241. The van der Waals surface area contributed by atoms with Gasteiger partial charge in [0.25, 0.3) is 0 Å². The molecule has 3 aliphatic carbocycles. The van der Waals surface area contributed by atoms with Gasteiger partial charge in [0.05, 0.1) is 6.10 Å². The van der Waals surface area contributed by atoms with Gasteiger partial charge in [-0.15, -0.1) is 0 Å². The highest BCUT2D eigenvalue weighted by molar-refractivity contribution is 4.82. The summed E-state index contributed by atoms with van der Waals surface area (Å²) in [5, 5.41) is 0. The van der Waals surface area contributed by atoms with Crippen LogP contribution in [0.1, 0.15) is 155 Å². The van der Waals surface area contributed by atoms with E-state index in [4.69, 9.17) is 4.74 Å². The van der Waals surface area contributed by atoms with Crippen LogP contribution < -0.4 is 0 Å². The van der Waals surface area contributed by atoms with E-state index < -0.39 is 0 Å². The van der Waals surface area contributed by atoms with Crippen molar-refractivity contribution in [3.8, 4) is 0 Å². The van der Waals surface area contributed by atoms with Crippen LogP contribution in [0, 0.1) is 29.6 Å². The zero-order valence-electron chi connectivity index (χ0n) is 22.1. The Morgan fingerprint density at radius 2 is 0.969 bits per heavy atom. The topological polar surface area (TPSA) is 9.23 Å². The molecular formula is C31H58O. The molecule has 32 heavy (non-hydrogen) atoms. The molecule has 0 heterocycles. The fourth-order valence-electron chi connectivity index (χ4n) is 7.55. The van der Waals surface area contributed by atoms with Crippen molar-refractivity contribution in [2.45, 2.75) is 161 Å². The van der Waals surface area contributed by atoms with E-state index in [1.165, 1.54) is 141 Å². The van der Waals surface area contributed by atoms with Gasteiger partial charge in [0.1, 0.15) is 0 Å². The third-order valence-corrected chi connectivity index (χ3v) is 9.77. The Morgan fingerprint density at radius 1 is 0.469 bits per heavy atom. The van der Waals surface area contributed by atoms with Gasteiger partial charge in [-0.2, -0.15) is 0 Å². The number of hydrogen-bond donors (Lipinski definition) is 0. The molecule has 3 rings (SSSR count). The van der Waals surface area contributed by atoms with Crippen molar-refractivity contribution >= 4 is 0 Å². The highest BCUT2D eigenvalue weighted by atomic mass is 16.5. The van der Waals surface area contributed by atoms with Crippen LogP contribution in [-0.2, 0) is 4.74 Å². The predicted octanol–water partition coefficient (Wildman–Crippen LogP) is 10.1. The molecule has 0 atom stereocenters. The minimum Gasteiger partial charge on any atom is -0.378 e. The smallest absolute Gasteiger partial charge is 0.0575 e. The molecule has 1 heteroatoms. The van der Waals surface area contributed by atoms with Crippen LogP contribution in [0.4, 0.5) is 0 Å². The molecule has 0 amide bonds. The normalized spacial score (nSPS) is 33.9. The maximum atomic E-state index is 6.37. The summed E-state index contributed by atoms with van der Waals surface area (Å²) in [6.07, 6.45) is 32.7. The molecule has 188 valence electrons. The van der Waals surface area contributed by atoms with Crippen molar-refractivity contribution < 1.29 is 4.74 Å². The standard InChI is InChI=1S/C31H58O/c1-3-5-6-7-8-11-27-13-15-28(16-14-27)12-9-25-32-31-23-21-30(22-24-31)29-19-17-26(10-4-2)18-20-29/h26-31H,3-25H2,1-2H3. The molecule has 3 saturated carbocycles. The number of rotatable bonds is 14. The lowest BCUT2D eigenvalue weighted by molar-refractivity contribution is 0.00369. The first-order valence-corrected chi connectivity index (χ1v) is 15.4. The molecule has 0 N–H and O–H groups in total. The molecule has 0 saturated heterocycles. The molecule has 0 bridgehead atoms. The van der Waals surface area contributed by atoms with Crippen LogP contribution >= 0.6 is 0 Å². The van der Waals surface area contributed by atoms with Gasteiger partial charge in [0.15, 0.2) is 0 Å². The minimum atomic E-state index is 0.589. The minimum absolute atomic E-state index is 0.589. The van der Waals surface area contributed by atoms with Crippen LogP contribution in [0.2, 0.25) is 0 Å². The molecule has 0 aromatic carbocycles. The van der Waals surface area contributed by atoms with Crippen molar-refractivity contribution in [1.82, 2.24) is 0 Å². The van der Waals surface area contributed by atoms with Gasteiger partial charge in [-0.3, -0.25) is 0 Å². The fourth-order valence-corrected chi connectivity index (χ4v) is 7.55. The Labute approximate surface area is 202 Å².